The average molecular weight is 206 g/mol. The number of hydrogen-bond donors (Lipinski definition) is 1. The number of rotatable bonds is 4. The van der Waals surface area contributed by atoms with Crippen LogP contribution < -0.4 is 0 Å². The molecule has 2 heteroatoms. The van der Waals surface area contributed by atoms with Gasteiger partial charge in [0.1, 0.15) is 5.82 Å². The van der Waals surface area contributed by atoms with Gasteiger partial charge in [-0.25, -0.2) is 4.39 Å². The molecule has 0 heterocycles. The Bertz CT molecular complexity index is 363. The molecule has 0 amide bonds. The molecule has 1 rings (SSSR count). The molecule has 0 aliphatic rings. The van der Waals surface area contributed by atoms with Crippen molar-refractivity contribution in [1.29, 1.82) is 0 Å². The van der Waals surface area contributed by atoms with Gasteiger partial charge in [-0.05, 0) is 37.5 Å². The second-order valence-electron chi connectivity index (χ2n) is 3.84. The number of benzene rings is 1. The van der Waals surface area contributed by atoms with Crippen LogP contribution in [-0.2, 0) is 5.60 Å². The summed E-state index contributed by atoms with van der Waals surface area (Å²) >= 11 is 0. The summed E-state index contributed by atoms with van der Waals surface area (Å²) in [6, 6.07) is 6.04. The highest BCUT2D eigenvalue weighted by Crippen LogP contribution is 2.26. The quantitative estimate of drug-likeness (QED) is 0.593. The van der Waals surface area contributed by atoms with Crippen LogP contribution in [0.1, 0.15) is 31.7 Å². The summed E-state index contributed by atoms with van der Waals surface area (Å²) in [5.74, 6) is 2.19. The Kier molecular flexibility index (Phi) is 3.88. The van der Waals surface area contributed by atoms with Crippen molar-refractivity contribution in [2.45, 2.75) is 31.8 Å². The molecule has 0 spiro atoms. The van der Waals surface area contributed by atoms with Crippen molar-refractivity contribution in [2.24, 2.45) is 0 Å². The lowest BCUT2D eigenvalue weighted by Crippen LogP contribution is -2.21. The molecule has 0 aromatic heterocycles. The normalized spacial score (nSPS) is 14.3. The summed E-state index contributed by atoms with van der Waals surface area (Å²) in [4.78, 5) is 0. The lowest BCUT2D eigenvalue weighted by atomic mass is 9.90. The molecular formula is C13H15FO. The summed E-state index contributed by atoms with van der Waals surface area (Å²) in [5.41, 5.74) is -0.404. The van der Waals surface area contributed by atoms with Crippen molar-refractivity contribution >= 4 is 0 Å². The first-order valence-corrected chi connectivity index (χ1v) is 4.98. The van der Waals surface area contributed by atoms with Crippen LogP contribution in [-0.4, -0.2) is 5.11 Å². The third-order valence-corrected chi connectivity index (χ3v) is 2.43. The second-order valence-corrected chi connectivity index (χ2v) is 3.84. The second kappa shape index (κ2) is 4.95. The van der Waals surface area contributed by atoms with E-state index in [0.29, 0.717) is 18.4 Å². The zero-order valence-corrected chi connectivity index (χ0v) is 8.83. The van der Waals surface area contributed by atoms with Gasteiger partial charge in [0.05, 0.1) is 5.60 Å². The van der Waals surface area contributed by atoms with Gasteiger partial charge in [0.15, 0.2) is 0 Å². The Morgan fingerprint density at radius 1 is 1.53 bits per heavy atom. The van der Waals surface area contributed by atoms with Gasteiger partial charge in [-0.3, -0.25) is 0 Å². The van der Waals surface area contributed by atoms with E-state index in [1.54, 1.807) is 19.1 Å². The highest BCUT2D eigenvalue weighted by atomic mass is 19.1. The Labute approximate surface area is 89.9 Å². The molecule has 1 unspecified atom stereocenters. The Morgan fingerprint density at radius 2 is 2.27 bits per heavy atom. The summed E-state index contributed by atoms with van der Waals surface area (Å²) in [6.45, 7) is 1.68. The van der Waals surface area contributed by atoms with Gasteiger partial charge in [0.2, 0.25) is 0 Å². The molecule has 1 aromatic rings. The SMILES string of the molecule is C#CCCCC(C)(O)c1cccc(F)c1. The fourth-order valence-electron chi connectivity index (χ4n) is 1.50. The summed E-state index contributed by atoms with van der Waals surface area (Å²) in [5, 5.41) is 10.1. The van der Waals surface area contributed by atoms with Crippen LogP contribution in [0.3, 0.4) is 0 Å². The standard InChI is InChI=1S/C13H15FO/c1-3-4-5-9-13(2,15)11-7-6-8-12(14)10-11/h1,6-8,10,15H,4-5,9H2,2H3. The highest BCUT2D eigenvalue weighted by molar-refractivity contribution is 5.22. The fourth-order valence-corrected chi connectivity index (χ4v) is 1.50. The lowest BCUT2D eigenvalue weighted by Gasteiger charge is -2.23. The predicted octanol–water partition coefficient (Wildman–Crippen LogP) is 2.84. The smallest absolute Gasteiger partial charge is 0.123 e. The van der Waals surface area contributed by atoms with E-state index in [0.717, 1.165) is 6.42 Å². The largest absolute Gasteiger partial charge is 0.385 e. The molecule has 0 radical (unpaired) electrons. The van der Waals surface area contributed by atoms with Crippen molar-refractivity contribution in [2.75, 3.05) is 0 Å². The molecule has 1 aromatic carbocycles. The van der Waals surface area contributed by atoms with Crippen molar-refractivity contribution in [3.05, 3.63) is 35.6 Å². The van der Waals surface area contributed by atoms with Crippen LogP contribution >= 0.6 is 0 Å². The Morgan fingerprint density at radius 3 is 2.87 bits per heavy atom. The van der Waals surface area contributed by atoms with Gasteiger partial charge in [-0.15, -0.1) is 12.3 Å². The van der Waals surface area contributed by atoms with E-state index in [4.69, 9.17) is 6.42 Å². The van der Waals surface area contributed by atoms with Gasteiger partial charge in [0.25, 0.3) is 0 Å². The van der Waals surface area contributed by atoms with E-state index in [1.807, 2.05) is 0 Å². The first kappa shape index (κ1) is 11.7. The maximum atomic E-state index is 12.9. The van der Waals surface area contributed by atoms with E-state index in [2.05, 4.69) is 5.92 Å². The van der Waals surface area contributed by atoms with E-state index >= 15 is 0 Å². The molecule has 0 fully saturated rings. The van der Waals surface area contributed by atoms with Crippen LogP contribution in [0, 0.1) is 18.2 Å². The lowest BCUT2D eigenvalue weighted by molar-refractivity contribution is 0.0457. The van der Waals surface area contributed by atoms with Gasteiger partial charge >= 0.3 is 0 Å². The minimum absolute atomic E-state index is 0.329. The van der Waals surface area contributed by atoms with E-state index < -0.39 is 5.60 Å². The molecule has 0 aliphatic carbocycles. The molecule has 80 valence electrons. The topological polar surface area (TPSA) is 20.2 Å². The van der Waals surface area contributed by atoms with E-state index in [-0.39, 0.29) is 5.82 Å². The number of terminal acetylenes is 1. The first-order valence-electron chi connectivity index (χ1n) is 4.98. The van der Waals surface area contributed by atoms with Crippen molar-refractivity contribution in [3.8, 4) is 12.3 Å². The monoisotopic (exact) mass is 206 g/mol. The highest BCUT2D eigenvalue weighted by Gasteiger charge is 2.22. The minimum atomic E-state index is -1.00. The van der Waals surface area contributed by atoms with Gasteiger partial charge in [-0.2, -0.15) is 0 Å². The first-order chi connectivity index (χ1) is 7.06. The van der Waals surface area contributed by atoms with Gasteiger partial charge < -0.3 is 5.11 Å². The molecule has 1 nitrogen and oxygen atoms in total. The molecule has 0 bridgehead atoms. The van der Waals surface area contributed by atoms with Crippen LogP contribution in [0.2, 0.25) is 0 Å². The van der Waals surface area contributed by atoms with Gasteiger partial charge in [0, 0.05) is 6.42 Å². The van der Waals surface area contributed by atoms with Crippen molar-refractivity contribution in [3.63, 3.8) is 0 Å². The molecular weight excluding hydrogens is 191 g/mol. The summed E-state index contributed by atoms with van der Waals surface area (Å²) in [7, 11) is 0. The van der Waals surface area contributed by atoms with Crippen LogP contribution in [0.15, 0.2) is 24.3 Å². The molecule has 0 aliphatic heterocycles. The fraction of sp³-hybridized carbons (Fsp3) is 0.385. The van der Waals surface area contributed by atoms with E-state index in [1.165, 1.54) is 12.1 Å². The third kappa shape index (κ3) is 3.38. The maximum absolute atomic E-state index is 12.9. The molecule has 1 atom stereocenters. The number of halogens is 1. The molecule has 0 saturated carbocycles. The Balaban J connectivity index is 2.73. The zero-order chi connectivity index (χ0) is 11.3. The number of unbranched alkanes of at least 4 members (excludes halogenated alkanes) is 1. The van der Waals surface area contributed by atoms with Crippen LogP contribution in [0.4, 0.5) is 4.39 Å². The number of aliphatic hydroxyl groups is 1. The zero-order valence-electron chi connectivity index (χ0n) is 8.83. The van der Waals surface area contributed by atoms with Crippen molar-refractivity contribution < 1.29 is 9.50 Å². The predicted molar refractivity (Wildman–Crippen MR) is 58.7 cm³/mol. The Hall–Kier alpha value is -1.33. The van der Waals surface area contributed by atoms with Crippen molar-refractivity contribution in [1.82, 2.24) is 0 Å². The van der Waals surface area contributed by atoms with Crippen LogP contribution in [0.5, 0.6) is 0 Å². The molecule has 0 saturated heterocycles. The molecule has 1 N–H and O–H groups in total. The van der Waals surface area contributed by atoms with Gasteiger partial charge in [-0.1, -0.05) is 12.1 Å². The number of hydrogen-bond acceptors (Lipinski definition) is 1. The van der Waals surface area contributed by atoms with E-state index in [9.17, 15) is 9.50 Å². The average Bonchev–Trinajstić information content (AvgIpc) is 2.18. The third-order valence-electron chi connectivity index (χ3n) is 2.43. The molecule has 15 heavy (non-hydrogen) atoms. The summed E-state index contributed by atoms with van der Waals surface area (Å²) in [6.07, 6.45) is 7.04. The minimum Gasteiger partial charge on any atom is -0.385 e. The maximum Gasteiger partial charge on any atom is 0.123 e. The summed E-state index contributed by atoms with van der Waals surface area (Å²) < 4.78 is 12.9. The van der Waals surface area contributed by atoms with Crippen LogP contribution in [0.25, 0.3) is 0 Å².